The average molecular weight is 388 g/mol. The van der Waals surface area contributed by atoms with Gasteiger partial charge in [0.2, 0.25) is 0 Å². The molecule has 29 heavy (non-hydrogen) atoms. The number of nitrogens with one attached hydrogen (secondary N) is 1. The Morgan fingerprint density at radius 1 is 0.897 bits per heavy atom. The lowest BCUT2D eigenvalue weighted by Crippen LogP contribution is -2.28. The Balaban J connectivity index is 1.91. The number of nitrogens with two attached hydrogens (primary N) is 1. The quantitative estimate of drug-likeness (QED) is 0.724. The lowest BCUT2D eigenvalue weighted by molar-refractivity contribution is 0.0880. The highest BCUT2D eigenvalue weighted by atomic mass is 16.2. The molecule has 2 heterocycles. The minimum Gasteiger partial charge on any atom is -0.384 e. The largest absolute Gasteiger partial charge is 0.384 e. The molecule has 3 N–H and O–H groups in total. The molecule has 5 rings (SSSR count). The number of rotatable bonds is 1. The van der Waals surface area contributed by atoms with Gasteiger partial charge in [-0.25, -0.2) is 0 Å². The van der Waals surface area contributed by atoms with E-state index in [1.807, 2.05) is 0 Å². The van der Waals surface area contributed by atoms with Crippen molar-refractivity contribution < 1.29 is 9.59 Å². The van der Waals surface area contributed by atoms with Crippen LogP contribution >= 0.6 is 0 Å². The normalized spacial score (nSPS) is 17.2. The minimum atomic E-state index is -0.617. The summed E-state index contributed by atoms with van der Waals surface area (Å²) < 4.78 is 1.29. The first kappa shape index (κ1) is 17.7. The number of aromatic nitrogens is 1. The molecule has 1 aromatic carbocycles. The number of pyridine rings is 1. The number of anilines is 1. The first-order valence-electron chi connectivity index (χ1n) is 10.0. The molecule has 1 aromatic heterocycles. The summed E-state index contributed by atoms with van der Waals surface area (Å²) in [6.45, 7) is 0. The maximum Gasteiger partial charge on any atom is 0.262 e. The molecule has 0 saturated carbocycles. The SMILES string of the molecule is N#Cc1c2c(c3c(c1-n1c(N)c4c(cc1=O)C(=O)NC4=O)CCCC3)CCCC2. The van der Waals surface area contributed by atoms with E-state index in [0.717, 1.165) is 68.6 Å². The Hall–Kier alpha value is -3.40. The summed E-state index contributed by atoms with van der Waals surface area (Å²) in [5.74, 6) is -1.30. The first-order valence-corrected chi connectivity index (χ1v) is 10.0. The number of carbonyl (C=O) groups excluding carboxylic acids is 2. The molecule has 3 aliphatic rings. The molecule has 0 fully saturated rings. The van der Waals surface area contributed by atoms with Crippen LogP contribution < -0.4 is 16.6 Å². The van der Waals surface area contributed by atoms with Gasteiger partial charge in [0.1, 0.15) is 11.9 Å². The lowest BCUT2D eigenvalue weighted by Gasteiger charge is -2.30. The Morgan fingerprint density at radius 2 is 1.48 bits per heavy atom. The van der Waals surface area contributed by atoms with Crippen LogP contribution in [0.15, 0.2) is 10.9 Å². The second kappa shape index (κ2) is 6.31. The minimum absolute atomic E-state index is 0.000847. The Kier molecular flexibility index (Phi) is 3.85. The van der Waals surface area contributed by atoms with Crippen molar-refractivity contribution in [2.75, 3.05) is 5.73 Å². The molecule has 0 saturated heterocycles. The molecule has 0 bridgehead atoms. The van der Waals surface area contributed by atoms with Crippen LogP contribution in [0.25, 0.3) is 5.69 Å². The molecule has 2 aliphatic carbocycles. The van der Waals surface area contributed by atoms with E-state index in [0.29, 0.717) is 11.3 Å². The maximum atomic E-state index is 13.1. The zero-order valence-corrected chi connectivity index (χ0v) is 15.9. The Labute approximate surface area is 167 Å². The molecular weight excluding hydrogens is 368 g/mol. The van der Waals surface area contributed by atoms with Gasteiger partial charge in [0.15, 0.2) is 0 Å². The van der Waals surface area contributed by atoms with Crippen molar-refractivity contribution >= 4 is 17.6 Å². The summed E-state index contributed by atoms with van der Waals surface area (Å²) in [6, 6.07) is 3.49. The smallest absolute Gasteiger partial charge is 0.262 e. The molecule has 2 amide bonds. The molecular formula is C22H20N4O3. The van der Waals surface area contributed by atoms with Gasteiger partial charge in [-0.3, -0.25) is 24.3 Å². The van der Waals surface area contributed by atoms with Crippen LogP contribution in [0.1, 0.15) is 74.2 Å². The van der Waals surface area contributed by atoms with Gasteiger partial charge in [0.05, 0.1) is 22.4 Å². The van der Waals surface area contributed by atoms with Crippen molar-refractivity contribution in [1.29, 1.82) is 5.26 Å². The zero-order valence-electron chi connectivity index (χ0n) is 15.9. The third-order valence-electron chi connectivity index (χ3n) is 6.41. The van der Waals surface area contributed by atoms with E-state index in [1.54, 1.807) is 0 Å². The van der Waals surface area contributed by atoms with Crippen molar-refractivity contribution in [1.82, 2.24) is 9.88 Å². The maximum absolute atomic E-state index is 13.1. The van der Waals surface area contributed by atoms with Gasteiger partial charge < -0.3 is 5.73 Å². The summed E-state index contributed by atoms with van der Waals surface area (Å²) >= 11 is 0. The number of hydrogen-bond donors (Lipinski definition) is 2. The third-order valence-corrected chi connectivity index (χ3v) is 6.41. The molecule has 0 unspecified atom stereocenters. The van der Waals surface area contributed by atoms with Crippen LogP contribution in [0.2, 0.25) is 0 Å². The van der Waals surface area contributed by atoms with Crippen molar-refractivity contribution in [3.05, 3.63) is 55.4 Å². The first-order chi connectivity index (χ1) is 14.0. The fourth-order valence-electron chi connectivity index (χ4n) is 5.18. The van der Waals surface area contributed by atoms with Gasteiger partial charge in [0, 0.05) is 6.07 Å². The van der Waals surface area contributed by atoms with Gasteiger partial charge in [0.25, 0.3) is 17.4 Å². The molecule has 7 nitrogen and oxygen atoms in total. The number of fused-ring (bicyclic) bond motifs is 4. The molecule has 0 atom stereocenters. The van der Waals surface area contributed by atoms with Gasteiger partial charge in [-0.1, -0.05) is 0 Å². The molecule has 7 heteroatoms. The number of imide groups is 1. The number of benzene rings is 1. The van der Waals surface area contributed by atoms with Gasteiger partial charge in [-0.15, -0.1) is 0 Å². The van der Waals surface area contributed by atoms with E-state index < -0.39 is 17.4 Å². The summed E-state index contributed by atoms with van der Waals surface area (Å²) in [6.07, 6.45) is 7.61. The van der Waals surface area contributed by atoms with Crippen LogP contribution in [0, 0.1) is 11.3 Å². The summed E-state index contributed by atoms with van der Waals surface area (Å²) in [4.78, 5) is 37.3. The molecule has 0 radical (unpaired) electrons. The van der Waals surface area contributed by atoms with Crippen molar-refractivity contribution in [2.24, 2.45) is 0 Å². The summed E-state index contributed by atoms with van der Waals surface area (Å²) in [5.41, 5.74) is 11.3. The number of carbonyl (C=O) groups is 2. The second-order valence-electron chi connectivity index (χ2n) is 7.94. The predicted molar refractivity (Wildman–Crippen MR) is 106 cm³/mol. The predicted octanol–water partition coefficient (Wildman–Crippen LogP) is 1.93. The molecule has 0 spiro atoms. The third kappa shape index (κ3) is 2.38. The zero-order chi connectivity index (χ0) is 20.3. The van der Waals surface area contributed by atoms with E-state index in [9.17, 15) is 19.6 Å². The monoisotopic (exact) mass is 388 g/mol. The van der Waals surface area contributed by atoms with Gasteiger partial charge in [-0.2, -0.15) is 5.26 Å². The number of nitrogen functional groups attached to an aromatic ring is 1. The van der Waals surface area contributed by atoms with Crippen molar-refractivity contribution in [3.8, 4) is 11.8 Å². The fraction of sp³-hybridized carbons (Fsp3) is 0.364. The topological polar surface area (TPSA) is 118 Å². The van der Waals surface area contributed by atoms with Crippen molar-refractivity contribution in [2.45, 2.75) is 51.4 Å². The number of amides is 2. The highest BCUT2D eigenvalue weighted by Gasteiger charge is 2.34. The molecule has 1 aliphatic heterocycles. The standard InChI is InChI=1S/C22H20N4O3/c23-10-16-13-7-2-1-5-11(13)12-6-3-4-8-14(12)19(16)26-17(27)9-15-18(20(26)24)22(29)25-21(15)28/h9H,1-8,24H2,(H,25,28,29). The van der Waals surface area contributed by atoms with Gasteiger partial charge in [-0.05, 0) is 73.6 Å². The van der Waals surface area contributed by atoms with Crippen LogP contribution in [-0.4, -0.2) is 16.4 Å². The van der Waals surface area contributed by atoms with E-state index in [1.165, 1.54) is 15.7 Å². The van der Waals surface area contributed by atoms with E-state index >= 15 is 0 Å². The molecule has 2 aromatic rings. The summed E-state index contributed by atoms with van der Waals surface area (Å²) in [5, 5.41) is 12.3. The fourth-order valence-corrected chi connectivity index (χ4v) is 5.18. The average Bonchev–Trinajstić information content (AvgIpc) is 3.01. The van der Waals surface area contributed by atoms with E-state index in [4.69, 9.17) is 5.73 Å². The van der Waals surface area contributed by atoms with E-state index in [2.05, 4.69) is 11.4 Å². The Bertz CT molecular complexity index is 1220. The number of nitriles is 1. The lowest BCUT2D eigenvalue weighted by atomic mass is 9.77. The van der Waals surface area contributed by atoms with Crippen LogP contribution in [-0.2, 0) is 25.7 Å². The second-order valence-corrected chi connectivity index (χ2v) is 7.94. The number of hydrogen-bond acceptors (Lipinski definition) is 5. The summed E-state index contributed by atoms with van der Waals surface area (Å²) in [7, 11) is 0. The van der Waals surface area contributed by atoms with Crippen LogP contribution in [0.4, 0.5) is 5.82 Å². The van der Waals surface area contributed by atoms with Crippen LogP contribution in [0.5, 0.6) is 0 Å². The van der Waals surface area contributed by atoms with E-state index in [-0.39, 0.29) is 16.9 Å². The van der Waals surface area contributed by atoms with Crippen molar-refractivity contribution in [3.63, 3.8) is 0 Å². The Morgan fingerprint density at radius 3 is 2.14 bits per heavy atom. The molecule has 146 valence electrons. The highest BCUT2D eigenvalue weighted by molar-refractivity contribution is 6.23. The van der Waals surface area contributed by atoms with Gasteiger partial charge >= 0.3 is 0 Å². The highest BCUT2D eigenvalue weighted by Crippen LogP contribution is 2.39. The number of nitrogens with zero attached hydrogens (tertiary/aromatic N) is 2. The van der Waals surface area contributed by atoms with Crippen LogP contribution in [0.3, 0.4) is 0 Å².